The van der Waals surface area contributed by atoms with Crippen molar-refractivity contribution >= 4 is 12.3 Å². The second-order valence-corrected chi connectivity index (χ2v) is 6.82. The first-order valence-corrected chi connectivity index (χ1v) is 9.00. The summed E-state index contributed by atoms with van der Waals surface area (Å²) in [4.78, 5) is 23.1. The summed E-state index contributed by atoms with van der Waals surface area (Å²) < 4.78 is 11.5. The molecule has 1 saturated carbocycles. The van der Waals surface area contributed by atoms with Gasteiger partial charge in [0.1, 0.15) is 18.0 Å². The minimum Gasteiger partial charge on any atom is -0.486 e. The topological polar surface area (TPSA) is 52.6 Å². The summed E-state index contributed by atoms with van der Waals surface area (Å²) in [7, 11) is 0. The Bertz CT molecular complexity index is 811. The second-order valence-electron chi connectivity index (χ2n) is 6.82. The fourth-order valence-electron chi connectivity index (χ4n) is 3.79. The standard InChI is InChI=1S/C22H24O4/c1-14-12-21(26-20-11-7-10-19(20)25-16(3)24)18(13-23)15(2)22(14)17-8-5-4-6-9-17/h4-6,8-9,12-13,19-20H,7,10-11H2,1-3H3/t19-,20-/m0/s1. The zero-order valence-electron chi connectivity index (χ0n) is 15.5. The molecule has 0 bridgehead atoms. The van der Waals surface area contributed by atoms with Crippen LogP contribution in [0.15, 0.2) is 36.4 Å². The summed E-state index contributed by atoms with van der Waals surface area (Å²) in [5.74, 6) is 0.270. The summed E-state index contributed by atoms with van der Waals surface area (Å²) in [6, 6.07) is 11.9. The van der Waals surface area contributed by atoms with Crippen LogP contribution in [0.25, 0.3) is 11.1 Å². The SMILES string of the molecule is CC(=O)O[C@H]1CCC[C@@H]1Oc1cc(C)c(-c2ccccc2)c(C)c1C=O. The van der Waals surface area contributed by atoms with Gasteiger partial charge in [-0.15, -0.1) is 0 Å². The molecule has 0 spiro atoms. The Balaban J connectivity index is 1.96. The van der Waals surface area contributed by atoms with Crippen molar-refractivity contribution in [1.82, 2.24) is 0 Å². The predicted molar refractivity (Wildman–Crippen MR) is 101 cm³/mol. The number of aryl methyl sites for hydroxylation is 1. The fraction of sp³-hybridized carbons (Fsp3) is 0.364. The van der Waals surface area contributed by atoms with Gasteiger partial charge in [0.15, 0.2) is 6.29 Å². The minimum atomic E-state index is -0.298. The van der Waals surface area contributed by atoms with Crippen molar-refractivity contribution in [2.45, 2.75) is 52.2 Å². The number of rotatable bonds is 5. The van der Waals surface area contributed by atoms with Gasteiger partial charge in [-0.1, -0.05) is 30.3 Å². The van der Waals surface area contributed by atoms with Gasteiger partial charge in [-0.3, -0.25) is 9.59 Å². The number of carbonyl (C=O) groups excluding carboxylic acids is 2. The van der Waals surface area contributed by atoms with Gasteiger partial charge in [0.05, 0.1) is 5.56 Å². The van der Waals surface area contributed by atoms with Gasteiger partial charge >= 0.3 is 5.97 Å². The van der Waals surface area contributed by atoms with Crippen molar-refractivity contribution in [2.24, 2.45) is 0 Å². The average molecular weight is 352 g/mol. The van der Waals surface area contributed by atoms with Gasteiger partial charge in [0, 0.05) is 6.92 Å². The highest BCUT2D eigenvalue weighted by Gasteiger charge is 2.32. The Hall–Kier alpha value is -2.62. The molecule has 4 nitrogen and oxygen atoms in total. The molecule has 136 valence electrons. The highest BCUT2D eigenvalue weighted by molar-refractivity contribution is 5.88. The Labute approximate surface area is 154 Å². The van der Waals surface area contributed by atoms with Crippen molar-refractivity contribution in [2.75, 3.05) is 0 Å². The maximum absolute atomic E-state index is 11.8. The molecule has 0 N–H and O–H groups in total. The van der Waals surface area contributed by atoms with E-state index in [0.717, 1.165) is 47.8 Å². The first-order valence-electron chi connectivity index (χ1n) is 9.00. The maximum Gasteiger partial charge on any atom is 0.303 e. The van der Waals surface area contributed by atoms with Crippen LogP contribution >= 0.6 is 0 Å². The summed E-state index contributed by atoms with van der Waals surface area (Å²) >= 11 is 0. The van der Waals surface area contributed by atoms with Crippen LogP contribution in [0.5, 0.6) is 5.75 Å². The van der Waals surface area contributed by atoms with Crippen LogP contribution in [0.4, 0.5) is 0 Å². The first kappa shape index (κ1) is 18.2. The van der Waals surface area contributed by atoms with Crippen molar-refractivity contribution in [3.63, 3.8) is 0 Å². The van der Waals surface area contributed by atoms with Crippen LogP contribution in [-0.2, 0) is 9.53 Å². The van der Waals surface area contributed by atoms with E-state index in [1.807, 2.05) is 50.2 Å². The predicted octanol–water partition coefficient (Wildman–Crippen LogP) is 4.65. The van der Waals surface area contributed by atoms with Gasteiger partial charge in [-0.25, -0.2) is 0 Å². The van der Waals surface area contributed by atoms with Gasteiger partial charge in [0.25, 0.3) is 0 Å². The van der Waals surface area contributed by atoms with Crippen molar-refractivity contribution < 1.29 is 19.1 Å². The fourth-order valence-corrected chi connectivity index (χ4v) is 3.79. The van der Waals surface area contributed by atoms with Crippen LogP contribution in [0.2, 0.25) is 0 Å². The molecule has 2 aromatic carbocycles. The van der Waals surface area contributed by atoms with E-state index in [0.29, 0.717) is 11.3 Å². The number of ether oxygens (including phenoxy) is 2. The van der Waals surface area contributed by atoms with Gasteiger partial charge < -0.3 is 9.47 Å². The monoisotopic (exact) mass is 352 g/mol. The van der Waals surface area contributed by atoms with Crippen LogP contribution in [0.1, 0.15) is 47.7 Å². The summed E-state index contributed by atoms with van der Waals surface area (Å²) in [5.41, 5.74) is 4.65. The Kier molecular flexibility index (Phi) is 5.40. The number of hydrogen-bond donors (Lipinski definition) is 0. The maximum atomic E-state index is 11.8. The molecule has 0 amide bonds. The van der Waals surface area contributed by atoms with Crippen LogP contribution < -0.4 is 4.74 Å². The molecule has 3 rings (SSSR count). The lowest BCUT2D eigenvalue weighted by atomic mass is 9.92. The molecule has 2 aromatic rings. The first-order chi connectivity index (χ1) is 12.5. The number of benzene rings is 2. The third kappa shape index (κ3) is 3.64. The van der Waals surface area contributed by atoms with E-state index in [-0.39, 0.29) is 18.2 Å². The Morgan fingerprint density at radius 3 is 2.46 bits per heavy atom. The molecule has 0 heterocycles. The minimum absolute atomic E-state index is 0.209. The molecule has 26 heavy (non-hydrogen) atoms. The van der Waals surface area contributed by atoms with Crippen molar-refractivity contribution in [1.29, 1.82) is 0 Å². The van der Waals surface area contributed by atoms with E-state index in [4.69, 9.17) is 9.47 Å². The molecule has 0 aromatic heterocycles. The van der Waals surface area contributed by atoms with Gasteiger partial charge in [0.2, 0.25) is 0 Å². The molecular weight excluding hydrogens is 328 g/mol. The van der Waals surface area contributed by atoms with E-state index in [1.165, 1.54) is 6.92 Å². The largest absolute Gasteiger partial charge is 0.486 e. The number of aldehydes is 1. The molecule has 0 unspecified atom stereocenters. The second kappa shape index (κ2) is 7.73. The number of carbonyl (C=O) groups is 2. The lowest BCUT2D eigenvalue weighted by molar-refractivity contribution is -0.149. The molecule has 2 atom stereocenters. The van der Waals surface area contributed by atoms with E-state index in [2.05, 4.69) is 0 Å². The average Bonchev–Trinajstić information content (AvgIpc) is 3.02. The molecule has 1 aliphatic carbocycles. The molecular formula is C22H24O4. The van der Waals surface area contributed by atoms with Gasteiger partial charge in [-0.05, 0) is 61.4 Å². The summed E-state index contributed by atoms with van der Waals surface area (Å²) in [5, 5.41) is 0. The van der Waals surface area contributed by atoms with E-state index < -0.39 is 0 Å². The molecule has 1 aliphatic rings. The van der Waals surface area contributed by atoms with E-state index in [1.54, 1.807) is 0 Å². The lowest BCUT2D eigenvalue weighted by Gasteiger charge is -2.23. The van der Waals surface area contributed by atoms with E-state index in [9.17, 15) is 9.59 Å². The highest BCUT2D eigenvalue weighted by atomic mass is 16.6. The molecule has 1 fully saturated rings. The lowest BCUT2D eigenvalue weighted by Crippen LogP contribution is -2.30. The zero-order valence-corrected chi connectivity index (χ0v) is 15.5. The van der Waals surface area contributed by atoms with Crippen molar-refractivity contribution in [3.8, 4) is 16.9 Å². The number of esters is 1. The van der Waals surface area contributed by atoms with Gasteiger partial charge in [-0.2, -0.15) is 0 Å². The molecule has 4 heteroatoms. The van der Waals surface area contributed by atoms with Crippen molar-refractivity contribution in [3.05, 3.63) is 53.1 Å². The highest BCUT2D eigenvalue weighted by Crippen LogP contribution is 2.36. The quantitative estimate of drug-likeness (QED) is 0.581. The summed E-state index contributed by atoms with van der Waals surface area (Å²) in [6.07, 6.45) is 2.95. The molecule has 0 radical (unpaired) electrons. The number of hydrogen-bond acceptors (Lipinski definition) is 4. The molecule has 0 saturated heterocycles. The van der Waals surface area contributed by atoms with Crippen LogP contribution in [-0.4, -0.2) is 24.5 Å². The third-order valence-electron chi connectivity index (χ3n) is 4.95. The third-order valence-corrected chi connectivity index (χ3v) is 4.95. The van der Waals surface area contributed by atoms with Crippen LogP contribution in [0.3, 0.4) is 0 Å². The van der Waals surface area contributed by atoms with E-state index >= 15 is 0 Å². The summed E-state index contributed by atoms with van der Waals surface area (Å²) in [6.45, 7) is 5.38. The Morgan fingerprint density at radius 1 is 1.12 bits per heavy atom. The zero-order chi connectivity index (χ0) is 18.7. The molecule has 0 aliphatic heterocycles. The normalized spacial score (nSPS) is 19.2. The Morgan fingerprint density at radius 2 is 1.81 bits per heavy atom. The van der Waals surface area contributed by atoms with Crippen LogP contribution in [0, 0.1) is 13.8 Å². The smallest absolute Gasteiger partial charge is 0.303 e.